The highest BCUT2D eigenvalue weighted by Crippen LogP contribution is 2.37. The Bertz CT molecular complexity index is 703. The Balaban J connectivity index is 1.66. The van der Waals surface area contributed by atoms with Crippen LogP contribution in [0.1, 0.15) is 32.6 Å². The summed E-state index contributed by atoms with van der Waals surface area (Å²) in [7, 11) is -4.84. The van der Waals surface area contributed by atoms with Gasteiger partial charge >= 0.3 is 16.4 Å². The van der Waals surface area contributed by atoms with Crippen molar-refractivity contribution in [3.05, 3.63) is 12.3 Å². The Hall–Kier alpha value is -1.69. The number of fused-ring (bicyclic) bond motifs is 2. The molecule has 3 amide bonds. The molecule has 3 saturated heterocycles. The van der Waals surface area contributed by atoms with Crippen molar-refractivity contribution in [2.45, 2.75) is 50.7 Å². The van der Waals surface area contributed by atoms with Crippen LogP contribution in [-0.2, 0) is 19.5 Å². The van der Waals surface area contributed by atoms with E-state index < -0.39 is 28.5 Å². The van der Waals surface area contributed by atoms with E-state index in [1.165, 1.54) is 0 Å². The van der Waals surface area contributed by atoms with Gasteiger partial charge in [0.1, 0.15) is 12.1 Å². The largest absolute Gasteiger partial charge is 0.418 e. The summed E-state index contributed by atoms with van der Waals surface area (Å²) in [6, 6.07) is -2.22. The number of piperidine rings is 2. The van der Waals surface area contributed by atoms with Gasteiger partial charge in [-0.25, -0.2) is 4.79 Å². The average molecular weight is 388 g/mol. The van der Waals surface area contributed by atoms with Gasteiger partial charge in [-0.15, -0.1) is 4.28 Å². The first-order valence-corrected chi connectivity index (χ1v) is 10.1. The number of nitrogens with zero attached hydrogens (tertiary/aromatic N) is 3. The van der Waals surface area contributed by atoms with Crippen LogP contribution in [0.2, 0.25) is 0 Å². The normalized spacial score (nSPS) is 27.9. The number of hydrogen-bond acceptors (Lipinski definition) is 6. The quantitative estimate of drug-likeness (QED) is 0.641. The first-order valence-electron chi connectivity index (χ1n) is 8.72. The molecule has 0 aromatic rings. The molecule has 2 atom stereocenters. The SMILES string of the molecule is C=C1[C@H]2CC[C@@H](C(=O)NC3CCN(CC)CC3)N1C(=O)N2OS(=O)(=O)O. The van der Waals surface area contributed by atoms with E-state index in [9.17, 15) is 18.0 Å². The molecule has 10 nitrogen and oxygen atoms in total. The third kappa shape index (κ3) is 3.70. The van der Waals surface area contributed by atoms with E-state index >= 15 is 0 Å². The highest BCUT2D eigenvalue weighted by molar-refractivity contribution is 7.80. The molecule has 3 heterocycles. The van der Waals surface area contributed by atoms with Gasteiger partial charge in [0.15, 0.2) is 0 Å². The molecule has 3 rings (SSSR count). The monoisotopic (exact) mass is 388 g/mol. The van der Waals surface area contributed by atoms with Crippen molar-refractivity contribution >= 4 is 22.3 Å². The molecule has 0 spiro atoms. The Morgan fingerprint density at radius 3 is 2.54 bits per heavy atom. The van der Waals surface area contributed by atoms with E-state index in [2.05, 4.69) is 28.0 Å². The number of likely N-dealkylation sites (tertiary alicyclic amines) is 1. The maximum Gasteiger partial charge on any atom is 0.418 e. The van der Waals surface area contributed by atoms with Crippen molar-refractivity contribution in [1.29, 1.82) is 0 Å². The summed E-state index contributed by atoms with van der Waals surface area (Å²) in [5, 5.41) is 3.57. The summed E-state index contributed by atoms with van der Waals surface area (Å²) in [5.74, 6) is -0.276. The first-order chi connectivity index (χ1) is 12.2. The van der Waals surface area contributed by atoms with Crippen LogP contribution in [-0.4, -0.2) is 77.5 Å². The van der Waals surface area contributed by atoms with Crippen LogP contribution in [0.15, 0.2) is 12.3 Å². The van der Waals surface area contributed by atoms with E-state index in [0.29, 0.717) is 23.6 Å². The predicted molar refractivity (Wildman–Crippen MR) is 90.9 cm³/mol. The molecule has 3 aliphatic heterocycles. The minimum atomic E-state index is -4.84. The molecule has 0 unspecified atom stereocenters. The molecule has 2 bridgehead atoms. The van der Waals surface area contributed by atoms with Gasteiger partial charge in [0.2, 0.25) is 5.91 Å². The lowest BCUT2D eigenvalue weighted by Crippen LogP contribution is -2.53. The van der Waals surface area contributed by atoms with Gasteiger partial charge < -0.3 is 10.2 Å². The fourth-order valence-corrected chi connectivity index (χ4v) is 4.22. The van der Waals surface area contributed by atoms with E-state index in [0.717, 1.165) is 37.4 Å². The maximum absolute atomic E-state index is 12.7. The molecule has 0 radical (unpaired) electrons. The van der Waals surface area contributed by atoms with Crippen LogP contribution in [0, 0.1) is 0 Å². The lowest BCUT2D eigenvalue weighted by molar-refractivity contribution is -0.126. The van der Waals surface area contributed by atoms with Crippen LogP contribution in [0.4, 0.5) is 4.79 Å². The van der Waals surface area contributed by atoms with Crippen LogP contribution >= 0.6 is 0 Å². The highest BCUT2D eigenvalue weighted by atomic mass is 32.3. The van der Waals surface area contributed by atoms with E-state index in [4.69, 9.17) is 4.55 Å². The first kappa shape index (κ1) is 19.1. The zero-order valence-corrected chi connectivity index (χ0v) is 15.4. The fourth-order valence-electron chi connectivity index (χ4n) is 3.84. The molecule has 0 aromatic heterocycles. The molecule has 0 aromatic carbocycles. The van der Waals surface area contributed by atoms with Crippen molar-refractivity contribution in [3.63, 3.8) is 0 Å². The second-order valence-electron chi connectivity index (χ2n) is 6.80. The Kier molecular flexibility index (Phi) is 5.24. The topological polar surface area (TPSA) is 119 Å². The van der Waals surface area contributed by atoms with Crippen LogP contribution < -0.4 is 5.32 Å². The van der Waals surface area contributed by atoms with Gasteiger partial charge in [0.05, 0.1) is 0 Å². The second-order valence-corrected chi connectivity index (χ2v) is 7.80. The van der Waals surface area contributed by atoms with Gasteiger partial charge in [0, 0.05) is 24.8 Å². The van der Waals surface area contributed by atoms with Crippen molar-refractivity contribution < 1.29 is 26.8 Å². The highest BCUT2D eigenvalue weighted by Gasteiger charge is 2.52. The zero-order chi connectivity index (χ0) is 19.1. The lowest BCUT2D eigenvalue weighted by atomic mass is 9.96. The van der Waals surface area contributed by atoms with Gasteiger partial charge in [-0.1, -0.05) is 13.5 Å². The molecule has 146 valence electrons. The minimum absolute atomic E-state index is 0.0548. The number of rotatable bonds is 5. The molecule has 11 heteroatoms. The predicted octanol–water partition coefficient (Wildman–Crippen LogP) is 0.104. The maximum atomic E-state index is 12.7. The van der Waals surface area contributed by atoms with Gasteiger partial charge in [-0.2, -0.15) is 13.5 Å². The van der Waals surface area contributed by atoms with Crippen molar-refractivity contribution in [1.82, 2.24) is 20.2 Å². The lowest BCUT2D eigenvalue weighted by Gasteiger charge is -2.35. The zero-order valence-electron chi connectivity index (χ0n) is 14.6. The number of urea groups is 1. The summed E-state index contributed by atoms with van der Waals surface area (Å²) in [4.78, 5) is 28.6. The molecular weight excluding hydrogens is 364 g/mol. The van der Waals surface area contributed by atoms with E-state index in [1.807, 2.05) is 0 Å². The van der Waals surface area contributed by atoms with Crippen LogP contribution in [0.3, 0.4) is 0 Å². The molecule has 2 N–H and O–H groups in total. The second kappa shape index (κ2) is 7.14. The molecule has 0 saturated carbocycles. The molecule has 3 fully saturated rings. The molecule has 26 heavy (non-hydrogen) atoms. The van der Waals surface area contributed by atoms with Crippen molar-refractivity contribution in [2.24, 2.45) is 0 Å². The number of hydroxylamine groups is 2. The smallest absolute Gasteiger partial charge is 0.351 e. The summed E-state index contributed by atoms with van der Waals surface area (Å²) >= 11 is 0. The number of hydrogen-bond donors (Lipinski definition) is 2. The van der Waals surface area contributed by atoms with Gasteiger partial charge in [-0.05, 0) is 32.2 Å². The van der Waals surface area contributed by atoms with Gasteiger partial charge in [-0.3, -0.25) is 14.2 Å². The van der Waals surface area contributed by atoms with Gasteiger partial charge in [0.25, 0.3) is 0 Å². The summed E-state index contributed by atoms with van der Waals surface area (Å²) in [5.41, 5.74) is 0.297. The fraction of sp³-hybridized carbons (Fsp3) is 0.733. The van der Waals surface area contributed by atoms with Crippen molar-refractivity contribution in [3.8, 4) is 0 Å². The third-order valence-electron chi connectivity index (χ3n) is 5.26. The summed E-state index contributed by atoms with van der Waals surface area (Å²) < 4.78 is 35.2. The molecule has 3 aliphatic rings. The number of amides is 3. The summed E-state index contributed by atoms with van der Waals surface area (Å²) in [6.45, 7) is 8.70. The van der Waals surface area contributed by atoms with E-state index in [-0.39, 0.29) is 11.9 Å². The average Bonchev–Trinajstić information content (AvgIpc) is 2.71. The number of carbonyl (C=O) groups is 2. The standard InChI is InChI=1S/C15H24N4O6S/c1-3-17-8-6-11(7-9-17)16-14(20)13-5-4-12-10(2)18(13)15(21)19(12)25-26(22,23)24/h11-13H,2-9H2,1H3,(H,16,20)(H,22,23,24)/t12-,13+/m1/s1. The minimum Gasteiger partial charge on any atom is -0.351 e. The van der Waals surface area contributed by atoms with Crippen molar-refractivity contribution in [2.75, 3.05) is 19.6 Å². The molecular formula is C15H24N4O6S. The molecule has 0 aliphatic carbocycles. The number of carbonyl (C=O) groups excluding carboxylic acids is 2. The Labute approximate surface area is 152 Å². The Morgan fingerprint density at radius 1 is 1.31 bits per heavy atom. The third-order valence-corrected chi connectivity index (χ3v) is 5.60. The van der Waals surface area contributed by atoms with Crippen LogP contribution in [0.25, 0.3) is 0 Å². The van der Waals surface area contributed by atoms with E-state index in [1.54, 1.807) is 0 Å². The van der Waals surface area contributed by atoms with Crippen LogP contribution in [0.5, 0.6) is 0 Å². The number of nitrogens with one attached hydrogen (secondary N) is 1. The Morgan fingerprint density at radius 2 is 1.96 bits per heavy atom. The summed E-state index contributed by atoms with van der Waals surface area (Å²) in [6.07, 6.45) is 2.38.